The molecule has 0 aromatic heterocycles. The molecular weight excluding hydrogens is 581 g/mol. The van der Waals surface area contributed by atoms with Crippen LogP contribution in [0.25, 0.3) is 76.5 Å². The highest BCUT2D eigenvalue weighted by Gasteiger charge is 2.19. The van der Waals surface area contributed by atoms with Crippen molar-refractivity contribution >= 4 is 63.0 Å². The van der Waals surface area contributed by atoms with Crippen LogP contribution in [-0.4, -0.2) is 9.52 Å². The van der Waals surface area contributed by atoms with Gasteiger partial charge in [0.15, 0.2) is 0 Å². The number of hydrogen-bond donors (Lipinski definition) is 0. The summed E-state index contributed by atoms with van der Waals surface area (Å²) in [5, 5.41) is 13.3. The van der Waals surface area contributed by atoms with Gasteiger partial charge >= 0.3 is 0 Å². The molecule has 9 aromatic carbocycles. The molecule has 9 aromatic rings. The summed E-state index contributed by atoms with van der Waals surface area (Å²) in [5.74, 6) is 0. The van der Waals surface area contributed by atoms with Crippen LogP contribution >= 0.6 is 0 Å². The molecule has 0 bridgehead atoms. The largest absolute Gasteiger partial charge is 0.0875 e. The van der Waals surface area contributed by atoms with Gasteiger partial charge in [0.25, 0.3) is 0 Å². The highest BCUT2D eigenvalue weighted by atomic mass is 28.2. The number of hydrogen-bond acceptors (Lipinski definition) is 0. The number of rotatable bonds is 5. The van der Waals surface area contributed by atoms with E-state index in [2.05, 4.69) is 182 Å². The molecule has 0 nitrogen and oxygen atoms in total. The molecule has 1 heteroatoms. The molecule has 0 unspecified atom stereocenters. The zero-order chi connectivity index (χ0) is 31.2. The van der Waals surface area contributed by atoms with Crippen molar-refractivity contribution in [3.8, 4) is 33.4 Å². The molecule has 0 spiro atoms. The van der Waals surface area contributed by atoms with Gasteiger partial charge in [0.1, 0.15) is 0 Å². The van der Waals surface area contributed by atoms with E-state index in [0.717, 1.165) is 0 Å². The average Bonchev–Trinajstić information content (AvgIpc) is 3.14. The maximum absolute atomic E-state index is 2.52. The van der Waals surface area contributed by atoms with Crippen LogP contribution in [0.15, 0.2) is 182 Å². The lowest BCUT2D eigenvalue weighted by Gasteiger charge is -2.20. The Bertz CT molecular complexity index is 2570. The standard InChI is InChI=1S/C46H32Si/c1-3-13-31(14-4-1)32-23-25-33(26-24-32)45-40-21-11-12-22-41(40)46(44-30-36(27-28-42(44)45)47-35-16-5-2-6-17-35)43-29-34-15-7-8-18-37(34)38-19-9-10-20-39(38)43/h1-30H,47H2. The van der Waals surface area contributed by atoms with Gasteiger partial charge in [0, 0.05) is 0 Å². The highest BCUT2D eigenvalue weighted by Crippen LogP contribution is 2.46. The Morgan fingerprint density at radius 3 is 1.55 bits per heavy atom. The molecule has 0 radical (unpaired) electrons. The molecule has 0 atom stereocenters. The minimum absolute atomic E-state index is 0.655. The fourth-order valence-corrected chi connectivity index (χ4v) is 9.01. The Hall–Kier alpha value is -5.76. The summed E-state index contributed by atoms with van der Waals surface area (Å²) in [4.78, 5) is 0. The second kappa shape index (κ2) is 11.5. The zero-order valence-electron chi connectivity index (χ0n) is 26.0. The third kappa shape index (κ3) is 4.84. The molecule has 47 heavy (non-hydrogen) atoms. The molecule has 9 rings (SSSR count). The van der Waals surface area contributed by atoms with E-state index in [1.807, 2.05) is 0 Å². The smallest absolute Gasteiger partial charge is 0.0633 e. The Balaban J connectivity index is 1.37. The molecule has 0 N–H and O–H groups in total. The van der Waals surface area contributed by atoms with Crippen LogP contribution in [-0.2, 0) is 0 Å². The predicted octanol–water partition coefficient (Wildman–Crippen LogP) is 10.4. The van der Waals surface area contributed by atoms with E-state index < -0.39 is 9.52 Å². The van der Waals surface area contributed by atoms with E-state index in [0.29, 0.717) is 0 Å². The first kappa shape index (κ1) is 27.5. The normalized spacial score (nSPS) is 11.7. The van der Waals surface area contributed by atoms with Crippen molar-refractivity contribution in [2.75, 3.05) is 0 Å². The summed E-state index contributed by atoms with van der Waals surface area (Å²) in [5.41, 5.74) is 7.64. The predicted molar refractivity (Wildman–Crippen MR) is 207 cm³/mol. The molecule has 0 aliphatic rings. The fraction of sp³-hybridized carbons (Fsp3) is 0. The quantitative estimate of drug-likeness (QED) is 0.103. The van der Waals surface area contributed by atoms with E-state index in [1.54, 1.807) is 0 Å². The van der Waals surface area contributed by atoms with E-state index >= 15 is 0 Å². The maximum atomic E-state index is 2.52. The van der Waals surface area contributed by atoms with Gasteiger partial charge in [0.2, 0.25) is 0 Å². The van der Waals surface area contributed by atoms with Crippen molar-refractivity contribution in [3.05, 3.63) is 182 Å². The first-order valence-corrected chi connectivity index (χ1v) is 17.8. The van der Waals surface area contributed by atoms with Gasteiger partial charge in [-0.1, -0.05) is 186 Å². The SMILES string of the molecule is c1ccc([SiH2]c2ccc3c(-c4ccc(-c5ccccc5)cc4)c4ccccc4c(-c4cc5ccccc5c5ccccc45)c3c2)cc1. The van der Waals surface area contributed by atoms with Crippen LogP contribution in [0.5, 0.6) is 0 Å². The first-order valence-electron chi connectivity index (χ1n) is 16.4. The second-order valence-corrected chi connectivity index (χ2v) is 14.5. The topological polar surface area (TPSA) is 0 Å². The van der Waals surface area contributed by atoms with Crippen LogP contribution in [0.1, 0.15) is 0 Å². The van der Waals surface area contributed by atoms with Crippen molar-refractivity contribution < 1.29 is 0 Å². The fourth-order valence-electron chi connectivity index (χ4n) is 7.49. The van der Waals surface area contributed by atoms with Crippen LogP contribution in [0.4, 0.5) is 0 Å². The van der Waals surface area contributed by atoms with Gasteiger partial charge in [0.05, 0.1) is 9.52 Å². The molecule has 0 aliphatic heterocycles. The molecule has 0 aliphatic carbocycles. The Labute approximate surface area is 277 Å². The molecule has 0 saturated heterocycles. The van der Waals surface area contributed by atoms with Gasteiger partial charge in [-0.15, -0.1) is 0 Å². The number of fused-ring (bicyclic) bond motifs is 5. The van der Waals surface area contributed by atoms with Crippen molar-refractivity contribution in [1.29, 1.82) is 0 Å². The van der Waals surface area contributed by atoms with Gasteiger partial charge in [-0.2, -0.15) is 0 Å². The monoisotopic (exact) mass is 612 g/mol. The first-order chi connectivity index (χ1) is 23.3. The lowest BCUT2D eigenvalue weighted by molar-refractivity contribution is 1.61. The van der Waals surface area contributed by atoms with Crippen LogP contribution < -0.4 is 10.4 Å². The van der Waals surface area contributed by atoms with Crippen LogP contribution in [0.2, 0.25) is 0 Å². The lowest BCUT2D eigenvalue weighted by Crippen LogP contribution is -2.26. The van der Waals surface area contributed by atoms with E-state index in [1.165, 1.54) is 86.8 Å². The Kier molecular flexibility index (Phi) is 6.77. The number of benzene rings is 9. The van der Waals surface area contributed by atoms with Crippen LogP contribution in [0.3, 0.4) is 0 Å². The van der Waals surface area contributed by atoms with Gasteiger partial charge in [-0.25, -0.2) is 0 Å². The summed E-state index contributed by atoms with van der Waals surface area (Å²) in [6.07, 6.45) is 0. The summed E-state index contributed by atoms with van der Waals surface area (Å²) < 4.78 is 0. The average molecular weight is 613 g/mol. The van der Waals surface area contributed by atoms with Crippen molar-refractivity contribution in [3.63, 3.8) is 0 Å². The third-order valence-electron chi connectivity index (χ3n) is 9.66. The Morgan fingerprint density at radius 1 is 0.277 bits per heavy atom. The maximum Gasteiger partial charge on any atom is 0.0875 e. The molecule has 0 fully saturated rings. The van der Waals surface area contributed by atoms with E-state index in [4.69, 9.17) is 0 Å². The third-order valence-corrected chi connectivity index (χ3v) is 11.4. The van der Waals surface area contributed by atoms with Crippen molar-refractivity contribution in [2.45, 2.75) is 0 Å². The minimum atomic E-state index is -0.655. The van der Waals surface area contributed by atoms with Crippen molar-refractivity contribution in [2.24, 2.45) is 0 Å². The minimum Gasteiger partial charge on any atom is -0.0633 e. The Morgan fingerprint density at radius 2 is 0.809 bits per heavy atom. The molecular formula is C46H32Si. The lowest BCUT2D eigenvalue weighted by atomic mass is 9.83. The molecule has 0 saturated carbocycles. The zero-order valence-corrected chi connectivity index (χ0v) is 27.4. The summed E-state index contributed by atoms with van der Waals surface area (Å²) in [7, 11) is -0.655. The molecule has 0 heterocycles. The summed E-state index contributed by atoms with van der Waals surface area (Å²) >= 11 is 0. The summed E-state index contributed by atoms with van der Waals surface area (Å²) in [6, 6.07) is 67.3. The molecule has 220 valence electrons. The second-order valence-electron chi connectivity index (χ2n) is 12.5. The summed E-state index contributed by atoms with van der Waals surface area (Å²) in [6.45, 7) is 0. The molecule has 0 amide bonds. The van der Waals surface area contributed by atoms with Gasteiger partial charge < -0.3 is 0 Å². The van der Waals surface area contributed by atoms with E-state index in [-0.39, 0.29) is 0 Å². The van der Waals surface area contributed by atoms with Crippen molar-refractivity contribution in [1.82, 2.24) is 0 Å². The van der Waals surface area contributed by atoms with Gasteiger partial charge in [-0.05, 0) is 82.5 Å². The highest BCUT2D eigenvalue weighted by molar-refractivity contribution is 6.67. The van der Waals surface area contributed by atoms with Crippen LogP contribution in [0, 0.1) is 0 Å². The van der Waals surface area contributed by atoms with Gasteiger partial charge in [-0.3, -0.25) is 0 Å². The van der Waals surface area contributed by atoms with E-state index in [9.17, 15) is 0 Å².